The van der Waals surface area contributed by atoms with E-state index in [-0.39, 0.29) is 11.7 Å². The van der Waals surface area contributed by atoms with E-state index in [4.69, 9.17) is 9.47 Å². The Morgan fingerprint density at radius 1 is 0.970 bits per heavy atom. The Balaban J connectivity index is 1.53. The summed E-state index contributed by atoms with van der Waals surface area (Å²) in [4.78, 5) is 13.0. The van der Waals surface area contributed by atoms with Gasteiger partial charge in [0.15, 0.2) is 11.5 Å². The maximum absolute atomic E-state index is 13.0. The van der Waals surface area contributed by atoms with Gasteiger partial charge in [-0.2, -0.15) is 0 Å². The van der Waals surface area contributed by atoms with Gasteiger partial charge in [0, 0.05) is 12.1 Å². The third-order valence-corrected chi connectivity index (χ3v) is 5.14. The second-order valence-electron chi connectivity index (χ2n) is 7.27. The number of phenols is 1. The first kappa shape index (κ1) is 21.8. The molecule has 33 heavy (non-hydrogen) atoms. The van der Waals surface area contributed by atoms with Gasteiger partial charge in [0.25, 0.3) is 5.91 Å². The first-order chi connectivity index (χ1) is 16.1. The number of tetrazole rings is 1. The maximum atomic E-state index is 13.0. The number of nitrogens with zero attached hydrogens (tertiary/aromatic N) is 4. The van der Waals surface area contributed by atoms with E-state index in [0.29, 0.717) is 35.7 Å². The van der Waals surface area contributed by atoms with Crippen LogP contribution in [0.15, 0.2) is 67.0 Å². The van der Waals surface area contributed by atoms with E-state index in [9.17, 15) is 9.90 Å². The Morgan fingerprint density at radius 2 is 1.76 bits per heavy atom. The van der Waals surface area contributed by atoms with Crippen LogP contribution in [0.1, 0.15) is 15.9 Å². The molecule has 0 fully saturated rings. The van der Waals surface area contributed by atoms with Crippen molar-refractivity contribution in [1.82, 2.24) is 25.5 Å². The van der Waals surface area contributed by atoms with Gasteiger partial charge in [-0.25, -0.2) is 4.68 Å². The summed E-state index contributed by atoms with van der Waals surface area (Å²) in [6.45, 7) is 0.442. The smallest absolute Gasteiger partial charge is 0.251 e. The fourth-order valence-electron chi connectivity index (χ4n) is 3.43. The van der Waals surface area contributed by atoms with Crippen molar-refractivity contribution in [3.05, 3.63) is 78.1 Å². The van der Waals surface area contributed by atoms with Crippen molar-refractivity contribution < 1.29 is 19.4 Å². The van der Waals surface area contributed by atoms with Crippen molar-refractivity contribution >= 4 is 5.91 Å². The van der Waals surface area contributed by atoms with Crippen molar-refractivity contribution in [3.63, 3.8) is 0 Å². The summed E-state index contributed by atoms with van der Waals surface area (Å²) in [7, 11) is 3.18. The van der Waals surface area contributed by atoms with Crippen molar-refractivity contribution in [3.8, 4) is 34.1 Å². The van der Waals surface area contributed by atoms with E-state index in [2.05, 4.69) is 20.8 Å². The molecule has 0 atom stereocenters. The van der Waals surface area contributed by atoms with Gasteiger partial charge >= 0.3 is 0 Å². The fraction of sp³-hybridized carbons (Fsp3) is 0.167. The predicted molar refractivity (Wildman–Crippen MR) is 122 cm³/mol. The lowest BCUT2D eigenvalue weighted by Gasteiger charge is -2.12. The molecule has 1 amide bonds. The number of hydrogen-bond donors (Lipinski definition) is 2. The molecule has 0 radical (unpaired) electrons. The van der Waals surface area contributed by atoms with Crippen LogP contribution in [0.3, 0.4) is 0 Å². The molecule has 0 saturated heterocycles. The molecule has 9 heteroatoms. The summed E-state index contributed by atoms with van der Waals surface area (Å²) >= 11 is 0. The average molecular weight is 445 g/mol. The Kier molecular flexibility index (Phi) is 6.49. The Labute approximate surface area is 190 Å². The van der Waals surface area contributed by atoms with Gasteiger partial charge in [-0.15, -0.1) is 5.10 Å². The molecule has 1 aromatic heterocycles. The second-order valence-corrected chi connectivity index (χ2v) is 7.27. The lowest BCUT2D eigenvalue weighted by Crippen LogP contribution is -2.26. The number of amides is 1. The SMILES string of the molecule is COc1ccc(CCNC(=O)c2cc(-c3ccc(O)cc3)cc(-n3cnnn3)c2)cc1OC. The second kappa shape index (κ2) is 9.82. The lowest BCUT2D eigenvalue weighted by molar-refractivity contribution is 0.0954. The van der Waals surface area contributed by atoms with E-state index in [1.54, 1.807) is 50.6 Å². The summed E-state index contributed by atoms with van der Waals surface area (Å²) in [5.41, 5.74) is 3.78. The van der Waals surface area contributed by atoms with Gasteiger partial charge < -0.3 is 19.9 Å². The molecule has 168 valence electrons. The molecule has 4 aromatic rings. The Bertz CT molecular complexity index is 1240. The number of benzene rings is 3. The number of methoxy groups -OCH3 is 2. The van der Waals surface area contributed by atoms with Crippen LogP contribution >= 0.6 is 0 Å². The van der Waals surface area contributed by atoms with Gasteiger partial charge in [0.05, 0.1) is 19.9 Å². The quantitative estimate of drug-likeness (QED) is 0.429. The fourth-order valence-corrected chi connectivity index (χ4v) is 3.43. The summed E-state index contributed by atoms with van der Waals surface area (Å²) in [6.07, 6.45) is 2.10. The van der Waals surface area contributed by atoms with Crippen LogP contribution in [0, 0.1) is 0 Å². The van der Waals surface area contributed by atoms with Crippen molar-refractivity contribution in [1.29, 1.82) is 0 Å². The first-order valence-corrected chi connectivity index (χ1v) is 10.2. The normalized spacial score (nSPS) is 10.6. The van der Waals surface area contributed by atoms with Gasteiger partial charge in [0.2, 0.25) is 0 Å². The predicted octanol–water partition coefficient (Wildman–Crippen LogP) is 3.02. The molecular formula is C24H23N5O4. The average Bonchev–Trinajstić information content (AvgIpc) is 3.39. The van der Waals surface area contributed by atoms with E-state index in [1.807, 2.05) is 24.3 Å². The number of rotatable bonds is 8. The van der Waals surface area contributed by atoms with E-state index < -0.39 is 0 Å². The standard InChI is InChI=1S/C24H23N5O4/c1-32-22-8-3-16(11-23(22)33-2)9-10-25-24(31)19-12-18(17-4-6-21(30)7-5-17)13-20(14-19)29-15-26-27-28-29/h3-8,11-15,30H,9-10H2,1-2H3,(H,25,31). The monoisotopic (exact) mass is 445 g/mol. The molecule has 4 rings (SSSR count). The van der Waals surface area contributed by atoms with E-state index >= 15 is 0 Å². The number of carbonyl (C=O) groups is 1. The highest BCUT2D eigenvalue weighted by Gasteiger charge is 2.12. The van der Waals surface area contributed by atoms with E-state index in [1.165, 1.54) is 11.0 Å². The number of nitrogens with one attached hydrogen (secondary N) is 1. The number of ether oxygens (including phenoxy) is 2. The van der Waals surface area contributed by atoms with Crippen LogP contribution in [-0.2, 0) is 6.42 Å². The molecule has 0 aliphatic heterocycles. The van der Waals surface area contributed by atoms with Crippen LogP contribution in [0.4, 0.5) is 0 Å². The molecule has 3 aromatic carbocycles. The summed E-state index contributed by atoms with van der Waals surface area (Å²) in [5.74, 6) is 1.26. The molecule has 0 bridgehead atoms. The van der Waals surface area contributed by atoms with Crippen molar-refractivity contribution in [2.24, 2.45) is 0 Å². The molecule has 0 unspecified atom stereocenters. The summed E-state index contributed by atoms with van der Waals surface area (Å²) < 4.78 is 12.1. The highest BCUT2D eigenvalue weighted by molar-refractivity contribution is 5.96. The molecule has 0 spiro atoms. The van der Waals surface area contributed by atoms with Crippen LogP contribution < -0.4 is 14.8 Å². The number of hydrogen-bond acceptors (Lipinski definition) is 7. The number of phenolic OH excluding ortho intramolecular Hbond substituents is 1. The highest BCUT2D eigenvalue weighted by atomic mass is 16.5. The zero-order valence-electron chi connectivity index (χ0n) is 18.2. The minimum absolute atomic E-state index is 0.170. The number of carbonyl (C=O) groups excluding carboxylic acids is 1. The number of aromatic hydroxyl groups is 1. The topological polar surface area (TPSA) is 111 Å². The van der Waals surface area contributed by atoms with Crippen LogP contribution in [0.25, 0.3) is 16.8 Å². The van der Waals surface area contributed by atoms with Crippen molar-refractivity contribution in [2.45, 2.75) is 6.42 Å². The van der Waals surface area contributed by atoms with Crippen LogP contribution in [0.2, 0.25) is 0 Å². The molecule has 0 aliphatic rings. The van der Waals surface area contributed by atoms with Gasteiger partial charge in [0.1, 0.15) is 12.1 Å². The van der Waals surface area contributed by atoms with Gasteiger partial charge in [-0.05, 0) is 76.0 Å². The van der Waals surface area contributed by atoms with Gasteiger partial charge in [-0.3, -0.25) is 4.79 Å². The molecule has 2 N–H and O–H groups in total. The summed E-state index contributed by atoms with van der Waals surface area (Å²) in [6, 6.07) is 17.8. The third kappa shape index (κ3) is 5.09. The minimum atomic E-state index is -0.217. The zero-order valence-corrected chi connectivity index (χ0v) is 18.2. The van der Waals surface area contributed by atoms with E-state index in [0.717, 1.165) is 16.7 Å². The Morgan fingerprint density at radius 3 is 2.45 bits per heavy atom. The highest BCUT2D eigenvalue weighted by Crippen LogP contribution is 2.28. The largest absolute Gasteiger partial charge is 0.508 e. The maximum Gasteiger partial charge on any atom is 0.251 e. The molecule has 1 heterocycles. The van der Waals surface area contributed by atoms with Crippen molar-refractivity contribution in [2.75, 3.05) is 20.8 Å². The molecule has 0 aliphatic carbocycles. The first-order valence-electron chi connectivity index (χ1n) is 10.2. The Hall–Kier alpha value is -4.40. The molecule has 9 nitrogen and oxygen atoms in total. The molecular weight excluding hydrogens is 422 g/mol. The minimum Gasteiger partial charge on any atom is -0.508 e. The van der Waals surface area contributed by atoms with Crippen LogP contribution in [-0.4, -0.2) is 52.0 Å². The third-order valence-electron chi connectivity index (χ3n) is 5.14. The lowest BCUT2D eigenvalue weighted by atomic mass is 10.0. The number of aromatic nitrogens is 4. The summed E-state index contributed by atoms with van der Waals surface area (Å²) in [5, 5.41) is 23.8. The zero-order chi connectivity index (χ0) is 23.2. The van der Waals surface area contributed by atoms with Crippen LogP contribution in [0.5, 0.6) is 17.2 Å². The van der Waals surface area contributed by atoms with Gasteiger partial charge in [-0.1, -0.05) is 18.2 Å². The molecule has 0 saturated carbocycles.